The number of aromatic nitrogens is 1. The number of nitriles is 1. The Morgan fingerprint density at radius 3 is 2.92 bits per heavy atom. The van der Waals surface area contributed by atoms with Crippen LogP contribution in [0.2, 0.25) is 0 Å². The van der Waals surface area contributed by atoms with Crippen LogP contribution in [0.3, 0.4) is 0 Å². The fourth-order valence-electron chi connectivity index (χ4n) is 0.911. The van der Waals surface area contributed by atoms with E-state index in [0.717, 1.165) is 5.56 Å². The van der Waals surface area contributed by atoms with E-state index in [9.17, 15) is 0 Å². The molecule has 0 aliphatic carbocycles. The lowest BCUT2D eigenvalue weighted by molar-refractivity contribution is 0.324. The van der Waals surface area contributed by atoms with E-state index in [0.29, 0.717) is 18.1 Å². The molecule has 0 saturated heterocycles. The molecule has 0 fully saturated rings. The summed E-state index contributed by atoms with van der Waals surface area (Å²) < 4.78 is 5.22. The fourth-order valence-corrected chi connectivity index (χ4v) is 0.911. The van der Waals surface area contributed by atoms with Gasteiger partial charge in [0.1, 0.15) is 6.07 Å². The molecular weight excluding hydrogens is 152 g/mol. The van der Waals surface area contributed by atoms with Crippen molar-refractivity contribution >= 4 is 0 Å². The Bertz CT molecular complexity index is 315. The largest absolute Gasteiger partial charge is 0.478 e. The molecule has 0 aliphatic heterocycles. The van der Waals surface area contributed by atoms with Gasteiger partial charge in [-0.2, -0.15) is 5.26 Å². The molecule has 1 rings (SSSR count). The van der Waals surface area contributed by atoms with Crippen LogP contribution < -0.4 is 4.74 Å². The Balaban J connectivity index is 2.97. The van der Waals surface area contributed by atoms with Crippen molar-refractivity contribution in [2.24, 2.45) is 0 Å². The highest BCUT2D eigenvalue weighted by molar-refractivity contribution is 5.34. The Morgan fingerprint density at radius 2 is 2.42 bits per heavy atom. The van der Waals surface area contributed by atoms with Gasteiger partial charge >= 0.3 is 0 Å². The van der Waals surface area contributed by atoms with Crippen LogP contribution in [-0.4, -0.2) is 11.6 Å². The van der Waals surface area contributed by atoms with Gasteiger partial charge in [0.2, 0.25) is 5.88 Å². The lowest BCUT2D eigenvalue weighted by Crippen LogP contribution is -1.97. The molecule has 62 valence electrons. The normalized spacial score (nSPS) is 9.08. The minimum Gasteiger partial charge on any atom is -0.478 e. The second-order valence-corrected chi connectivity index (χ2v) is 2.39. The zero-order valence-electron chi connectivity index (χ0n) is 7.16. The van der Waals surface area contributed by atoms with Gasteiger partial charge in [0, 0.05) is 11.8 Å². The second-order valence-electron chi connectivity index (χ2n) is 2.39. The average Bonchev–Trinajstić information content (AvgIpc) is 2.09. The first-order chi connectivity index (χ1) is 5.77. The maximum atomic E-state index is 8.55. The molecule has 3 heteroatoms. The Morgan fingerprint density at radius 1 is 1.67 bits per heavy atom. The van der Waals surface area contributed by atoms with Crippen LogP contribution in [0.25, 0.3) is 0 Å². The van der Waals surface area contributed by atoms with Gasteiger partial charge in [-0.1, -0.05) is 0 Å². The monoisotopic (exact) mass is 162 g/mol. The third kappa shape index (κ3) is 1.73. The van der Waals surface area contributed by atoms with Gasteiger partial charge < -0.3 is 4.74 Å². The summed E-state index contributed by atoms with van der Waals surface area (Å²) >= 11 is 0. The molecule has 12 heavy (non-hydrogen) atoms. The molecule has 0 aliphatic rings. The van der Waals surface area contributed by atoms with Gasteiger partial charge in [-0.25, -0.2) is 4.98 Å². The molecule has 0 bridgehead atoms. The van der Waals surface area contributed by atoms with Gasteiger partial charge in [-0.15, -0.1) is 0 Å². The lowest BCUT2D eigenvalue weighted by Gasteiger charge is -2.04. The van der Waals surface area contributed by atoms with Crippen LogP contribution in [0.1, 0.15) is 18.1 Å². The predicted molar refractivity (Wildman–Crippen MR) is 44.9 cm³/mol. The molecule has 3 nitrogen and oxygen atoms in total. The summed E-state index contributed by atoms with van der Waals surface area (Å²) in [5.41, 5.74) is 1.46. The highest BCUT2D eigenvalue weighted by Crippen LogP contribution is 2.14. The van der Waals surface area contributed by atoms with Gasteiger partial charge in [-0.05, 0) is 19.9 Å². The van der Waals surface area contributed by atoms with Gasteiger partial charge in [-0.3, -0.25) is 0 Å². The molecule has 1 heterocycles. The van der Waals surface area contributed by atoms with Crippen molar-refractivity contribution in [2.75, 3.05) is 6.61 Å². The zero-order valence-corrected chi connectivity index (χ0v) is 7.16. The van der Waals surface area contributed by atoms with Crippen molar-refractivity contribution in [1.29, 1.82) is 5.26 Å². The number of aryl methyl sites for hydroxylation is 1. The molecule has 0 atom stereocenters. The third-order valence-electron chi connectivity index (χ3n) is 1.44. The number of rotatable bonds is 2. The quantitative estimate of drug-likeness (QED) is 0.664. The van der Waals surface area contributed by atoms with Crippen molar-refractivity contribution < 1.29 is 4.74 Å². The highest BCUT2D eigenvalue weighted by Gasteiger charge is 2.00. The molecule has 0 amide bonds. The summed E-state index contributed by atoms with van der Waals surface area (Å²) in [5, 5.41) is 8.55. The summed E-state index contributed by atoms with van der Waals surface area (Å²) in [6, 6.07) is 3.78. The molecule has 1 aromatic heterocycles. The van der Waals surface area contributed by atoms with E-state index in [-0.39, 0.29) is 0 Å². The van der Waals surface area contributed by atoms with Crippen LogP contribution >= 0.6 is 0 Å². The number of pyridine rings is 1. The van der Waals surface area contributed by atoms with Crippen LogP contribution in [0.4, 0.5) is 0 Å². The van der Waals surface area contributed by atoms with Crippen LogP contribution in [0, 0.1) is 18.3 Å². The maximum absolute atomic E-state index is 8.55. The van der Waals surface area contributed by atoms with Crippen LogP contribution in [-0.2, 0) is 0 Å². The molecule has 0 radical (unpaired) electrons. The fraction of sp³-hybridized carbons (Fsp3) is 0.333. The van der Waals surface area contributed by atoms with Crippen LogP contribution in [0.15, 0.2) is 12.3 Å². The topological polar surface area (TPSA) is 45.9 Å². The number of hydrogen-bond donors (Lipinski definition) is 0. The summed E-state index contributed by atoms with van der Waals surface area (Å²) in [5.74, 6) is 0.608. The molecule has 0 unspecified atom stereocenters. The highest BCUT2D eigenvalue weighted by atomic mass is 16.5. The van der Waals surface area contributed by atoms with E-state index in [1.165, 1.54) is 6.20 Å². The van der Waals surface area contributed by atoms with E-state index in [1.54, 1.807) is 6.07 Å². The Labute approximate surface area is 71.6 Å². The molecule has 1 aromatic rings. The first-order valence-corrected chi connectivity index (χ1v) is 3.77. The molecule has 0 aromatic carbocycles. The lowest BCUT2D eigenvalue weighted by atomic mass is 10.2. The first kappa shape index (κ1) is 8.54. The molecular formula is C9H10N2O. The minimum atomic E-state index is 0.566. The average molecular weight is 162 g/mol. The van der Waals surface area contributed by atoms with E-state index in [2.05, 4.69) is 4.98 Å². The maximum Gasteiger partial charge on any atom is 0.216 e. The second kappa shape index (κ2) is 3.72. The molecule has 0 spiro atoms. The van der Waals surface area contributed by atoms with Crippen LogP contribution in [0.5, 0.6) is 5.88 Å². The van der Waals surface area contributed by atoms with E-state index in [1.807, 2.05) is 19.9 Å². The van der Waals surface area contributed by atoms with Crippen molar-refractivity contribution in [3.8, 4) is 11.9 Å². The first-order valence-electron chi connectivity index (χ1n) is 3.77. The standard InChI is InChI=1S/C9H10N2O/c1-3-12-9-7(2)4-8(5-10)6-11-9/h4,6H,3H2,1-2H3. The van der Waals surface area contributed by atoms with Crippen molar-refractivity contribution in [3.63, 3.8) is 0 Å². The summed E-state index contributed by atoms with van der Waals surface area (Å²) in [6.07, 6.45) is 1.51. The number of ether oxygens (including phenoxy) is 1. The Kier molecular flexibility index (Phi) is 2.65. The number of hydrogen-bond acceptors (Lipinski definition) is 3. The number of nitrogens with zero attached hydrogens (tertiary/aromatic N) is 2. The molecule has 0 N–H and O–H groups in total. The van der Waals surface area contributed by atoms with E-state index < -0.39 is 0 Å². The minimum absolute atomic E-state index is 0.566. The summed E-state index contributed by atoms with van der Waals surface area (Å²) in [7, 11) is 0. The van der Waals surface area contributed by atoms with Gasteiger partial charge in [0.25, 0.3) is 0 Å². The zero-order chi connectivity index (χ0) is 8.97. The van der Waals surface area contributed by atoms with Gasteiger partial charge in [0.05, 0.1) is 12.2 Å². The SMILES string of the molecule is CCOc1ncc(C#N)cc1C. The Hall–Kier alpha value is -1.56. The smallest absolute Gasteiger partial charge is 0.216 e. The van der Waals surface area contributed by atoms with Crippen molar-refractivity contribution in [2.45, 2.75) is 13.8 Å². The third-order valence-corrected chi connectivity index (χ3v) is 1.44. The van der Waals surface area contributed by atoms with Crippen molar-refractivity contribution in [3.05, 3.63) is 23.4 Å². The van der Waals surface area contributed by atoms with E-state index in [4.69, 9.17) is 10.00 Å². The summed E-state index contributed by atoms with van der Waals surface area (Å²) in [4.78, 5) is 3.99. The van der Waals surface area contributed by atoms with Gasteiger partial charge in [0.15, 0.2) is 0 Å². The summed E-state index contributed by atoms with van der Waals surface area (Å²) in [6.45, 7) is 4.37. The molecule has 0 saturated carbocycles. The van der Waals surface area contributed by atoms with E-state index >= 15 is 0 Å². The predicted octanol–water partition coefficient (Wildman–Crippen LogP) is 1.66. The van der Waals surface area contributed by atoms with Crippen molar-refractivity contribution in [1.82, 2.24) is 4.98 Å².